The van der Waals surface area contributed by atoms with Gasteiger partial charge in [-0.15, -0.1) is 0 Å². The minimum Gasteiger partial charge on any atom is -0.352 e. The molecule has 2 heterocycles. The van der Waals surface area contributed by atoms with E-state index in [9.17, 15) is 13.2 Å². The average molecular weight is 398 g/mol. The van der Waals surface area contributed by atoms with Crippen molar-refractivity contribution in [2.24, 2.45) is 0 Å². The van der Waals surface area contributed by atoms with E-state index in [1.807, 2.05) is 24.3 Å². The molecule has 1 aliphatic heterocycles. The Balaban J connectivity index is 1.33. The van der Waals surface area contributed by atoms with Gasteiger partial charge in [0.25, 0.3) is 5.91 Å². The molecule has 0 radical (unpaired) electrons. The number of sulfonamides is 1. The fourth-order valence-corrected chi connectivity index (χ4v) is 4.97. The first-order chi connectivity index (χ1) is 13.5. The van der Waals surface area contributed by atoms with E-state index in [-0.39, 0.29) is 11.7 Å². The summed E-state index contributed by atoms with van der Waals surface area (Å²) >= 11 is 0. The number of aromatic nitrogens is 2. The maximum Gasteiger partial charge on any atom is 0.251 e. The predicted octanol–water partition coefficient (Wildman–Crippen LogP) is 2.47. The highest BCUT2D eigenvalue weighted by molar-refractivity contribution is 7.93. The fourth-order valence-electron chi connectivity index (χ4n) is 3.42. The van der Waals surface area contributed by atoms with Crippen molar-refractivity contribution in [3.05, 3.63) is 59.9 Å². The molecule has 0 saturated carbocycles. The van der Waals surface area contributed by atoms with Gasteiger partial charge in [0.1, 0.15) is 5.82 Å². The summed E-state index contributed by atoms with van der Waals surface area (Å²) in [4.78, 5) is 20.2. The number of benzene rings is 2. The standard InChI is InChI=1S/C20H22N4O3S/c25-20(15-6-3-7-16(14-15)24-12-5-13-28(24,26)27)21-11-4-10-19-22-17-8-1-2-9-18(17)23-19/h1-3,6-9,14H,4-5,10-13H2,(H,21,25)(H,22,23). The SMILES string of the molecule is O=C(NCCCc1nc2ccccc2[nH]1)c1cccc(N2CCCS2(=O)=O)c1. The van der Waals surface area contributed by atoms with Gasteiger partial charge in [0.2, 0.25) is 10.0 Å². The van der Waals surface area contributed by atoms with E-state index in [0.717, 1.165) is 29.7 Å². The van der Waals surface area contributed by atoms with Gasteiger partial charge in [0.15, 0.2) is 0 Å². The second-order valence-electron chi connectivity index (χ2n) is 6.85. The van der Waals surface area contributed by atoms with Gasteiger partial charge in [-0.3, -0.25) is 9.10 Å². The molecule has 1 saturated heterocycles. The highest BCUT2D eigenvalue weighted by Crippen LogP contribution is 2.24. The molecule has 1 amide bonds. The van der Waals surface area contributed by atoms with Crippen LogP contribution in [0, 0.1) is 0 Å². The van der Waals surface area contributed by atoms with E-state index in [4.69, 9.17) is 0 Å². The summed E-state index contributed by atoms with van der Waals surface area (Å²) in [5.74, 6) is 0.852. The van der Waals surface area contributed by atoms with Gasteiger partial charge in [-0.2, -0.15) is 0 Å². The van der Waals surface area contributed by atoms with Crippen LogP contribution in [0.1, 0.15) is 29.0 Å². The molecule has 3 aromatic rings. The van der Waals surface area contributed by atoms with Crippen LogP contribution in [0.4, 0.5) is 5.69 Å². The van der Waals surface area contributed by atoms with Crippen molar-refractivity contribution in [1.29, 1.82) is 0 Å². The van der Waals surface area contributed by atoms with Crippen molar-refractivity contribution in [3.8, 4) is 0 Å². The molecule has 7 nitrogen and oxygen atoms in total. The second-order valence-corrected chi connectivity index (χ2v) is 8.86. The van der Waals surface area contributed by atoms with Gasteiger partial charge >= 0.3 is 0 Å². The van der Waals surface area contributed by atoms with Crippen molar-refractivity contribution in [1.82, 2.24) is 15.3 Å². The molecule has 28 heavy (non-hydrogen) atoms. The number of nitrogens with one attached hydrogen (secondary N) is 2. The molecular formula is C20H22N4O3S. The van der Waals surface area contributed by atoms with Gasteiger partial charge in [-0.05, 0) is 43.2 Å². The van der Waals surface area contributed by atoms with E-state index >= 15 is 0 Å². The molecule has 2 N–H and O–H groups in total. The lowest BCUT2D eigenvalue weighted by molar-refractivity contribution is 0.0953. The number of para-hydroxylation sites is 2. The number of rotatable bonds is 6. The third kappa shape index (κ3) is 3.87. The van der Waals surface area contributed by atoms with Crippen molar-refractivity contribution in [2.45, 2.75) is 19.3 Å². The Morgan fingerprint density at radius 1 is 1.18 bits per heavy atom. The zero-order chi connectivity index (χ0) is 19.6. The van der Waals surface area contributed by atoms with Crippen LogP contribution in [-0.4, -0.2) is 43.1 Å². The number of nitrogens with zero attached hydrogens (tertiary/aromatic N) is 2. The average Bonchev–Trinajstić information content (AvgIpc) is 3.27. The quantitative estimate of drug-likeness (QED) is 0.624. The minimum atomic E-state index is -3.25. The number of hydrogen-bond donors (Lipinski definition) is 2. The molecule has 1 aliphatic rings. The van der Waals surface area contributed by atoms with Gasteiger partial charge in [0, 0.05) is 25.1 Å². The van der Waals surface area contributed by atoms with Gasteiger partial charge in [0.05, 0.1) is 22.5 Å². The highest BCUT2D eigenvalue weighted by atomic mass is 32.2. The third-order valence-corrected chi connectivity index (χ3v) is 6.68. The first-order valence-electron chi connectivity index (χ1n) is 9.35. The molecule has 146 valence electrons. The smallest absolute Gasteiger partial charge is 0.251 e. The molecular weight excluding hydrogens is 376 g/mol. The summed E-state index contributed by atoms with van der Waals surface area (Å²) in [5, 5.41) is 2.89. The van der Waals surface area contributed by atoms with Crippen molar-refractivity contribution >= 4 is 32.7 Å². The summed E-state index contributed by atoms with van der Waals surface area (Å²) in [6.45, 7) is 0.979. The topological polar surface area (TPSA) is 95.2 Å². The van der Waals surface area contributed by atoms with E-state index in [1.54, 1.807) is 24.3 Å². The summed E-state index contributed by atoms with van der Waals surface area (Å²) in [7, 11) is -3.25. The summed E-state index contributed by atoms with van der Waals surface area (Å²) < 4.78 is 25.5. The van der Waals surface area contributed by atoms with Crippen LogP contribution < -0.4 is 9.62 Å². The lowest BCUT2D eigenvalue weighted by Crippen LogP contribution is -2.27. The highest BCUT2D eigenvalue weighted by Gasteiger charge is 2.28. The Morgan fingerprint density at radius 3 is 2.82 bits per heavy atom. The minimum absolute atomic E-state index is 0.158. The molecule has 0 atom stereocenters. The molecule has 1 fully saturated rings. The Bertz CT molecular complexity index is 1070. The van der Waals surface area contributed by atoms with Crippen molar-refractivity contribution in [2.75, 3.05) is 23.1 Å². The number of aromatic amines is 1. The number of carbonyl (C=O) groups is 1. The summed E-state index contributed by atoms with van der Waals surface area (Å²) in [6.07, 6.45) is 2.10. The first-order valence-corrected chi connectivity index (χ1v) is 11.0. The maximum absolute atomic E-state index is 12.4. The van der Waals surface area contributed by atoms with E-state index < -0.39 is 10.0 Å². The fraction of sp³-hybridized carbons (Fsp3) is 0.300. The van der Waals surface area contributed by atoms with Crippen LogP contribution >= 0.6 is 0 Å². The number of carbonyl (C=O) groups excluding carboxylic acids is 1. The number of fused-ring (bicyclic) bond motifs is 1. The van der Waals surface area contributed by atoms with Crippen molar-refractivity contribution < 1.29 is 13.2 Å². The molecule has 4 rings (SSSR count). The molecule has 0 aliphatic carbocycles. The van der Waals surface area contributed by atoms with E-state index in [0.29, 0.717) is 30.8 Å². The largest absolute Gasteiger partial charge is 0.352 e. The van der Waals surface area contributed by atoms with Crippen LogP contribution in [-0.2, 0) is 16.4 Å². The molecule has 0 unspecified atom stereocenters. The number of anilines is 1. The first kappa shape index (κ1) is 18.5. The number of amides is 1. The Morgan fingerprint density at radius 2 is 2.04 bits per heavy atom. The van der Waals surface area contributed by atoms with Crippen LogP contribution in [0.15, 0.2) is 48.5 Å². The Hall–Kier alpha value is -2.87. The van der Waals surface area contributed by atoms with Crippen LogP contribution in [0.3, 0.4) is 0 Å². The molecule has 2 aromatic carbocycles. The van der Waals surface area contributed by atoms with Crippen LogP contribution in [0.5, 0.6) is 0 Å². The maximum atomic E-state index is 12.4. The number of hydrogen-bond acceptors (Lipinski definition) is 4. The van der Waals surface area contributed by atoms with Crippen molar-refractivity contribution in [3.63, 3.8) is 0 Å². The predicted molar refractivity (Wildman–Crippen MR) is 109 cm³/mol. The zero-order valence-corrected chi connectivity index (χ0v) is 16.2. The number of aryl methyl sites for hydroxylation is 1. The Kier molecular flexibility index (Phi) is 5.04. The normalized spacial score (nSPS) is 15.8. The monoisotopic (exact) mass is 398 g/mol. The number of imidazole rings is 1. The van der Waals surface area contributed by atoms with Gasteiger partial charge in [-0.1, -0.05) is 18.2 Å². The summed E-state index contributed by atoms with van der Waals surface area (Å²) in [5.41, 5.74) is 2.96. The van der Waals surface area contributed by atoms with Gasteiger partial charge < -0.3 is 10.3 Å². The van der Waals surface area contributed by atoms with Crippen LogP contribution in [0.25, 0.3) is 11.0 Å². The second kappa shape index (κ2) is 7.63. The third-order valence-electron chi connectivity index (χ3n) is 4.81. The molecule has 0 spiro atoms. The lowest BCUT2D eigenvalue weighted by atomic mass is 10.2. The summed E-state index contributed by atoms with van der Waals surface area (Å²) in [6, 6.07) is 14.6. The van der Waals surface area contributed by atoms with E-state index in [1.165, 1.54) is 4.31 Å². The Labute approximate surface area is 163 Å². The van der Waals surface area contributed by atoms with E-state index in [2.05, 4.69) is 15.3 Å². The lowest BCUT2D eigenvalue weighted by Gasteiger charge is -2.17. The van der Waals surface area contributed by atoms with Gasteiger partial charge in [-0.25, -0.2) is 13.4 Å². The van der Waals surface area contributed by atoms with Crippen LogP contribution in [0.2, 0.25) is 0 Å². The molecule has 0 bridgehead atoms. The molecule has 1 aromatic heterocycles. The molecule has 8 heteroatoms. The number of H-pyrrole nitrogens is 1. The zero-order valence-electron chi connectivity index (χ0n) is 15.4.